The van der Waals surface area contributed by atoms with Crippen molar-refractivity contribution >= 4 is 0 Å². The molecule has 1 unspecified atom stereocenters. The van der Waals surface area contributed by atoms with Crippen LogP contribution in [0.25, 0.3) is 0 Å². The molecule has 0 aromatic carbocycles. The van der Waals surface area contributed by atoms with Gasteiger partial charge in [0.25, 0.3) is 0 Å². The van der Waals surface area contributed by atoms with Crippen LogP contribution in [0.15, 0.2) is 16.7 Å². The molecule has 2 rings (SSSR count). The number of rotatable bonds is 6. The van der Waals surface area contributed by atoms with Gasteiger partial charge in [0.2, 0.25) is 0 Å². The van der Waals surface area contributed by atoms with Gasteiger partial charge < -0.3 is 10.2 Å². The summed E-state index contributed by atoms with van der Waals surface area (Å²) in [4.78, 5) is 5.02. The molecule has 0 aliphatic carbocycles. The number of hydrogen-bond donors (Lipinski definition) is 1. The molecule has 0 saturated carbocycles. The molecule has 18 heavy (non-hydrogen) atoms. The molecule has 1 aromatic heterocycles. The largest absolute Gasteiger partial charge is 0.468 e. The molecule has 102 valence electrons. The van der Waals surface area contributed by atoms with Gasteiger partial charge >= 0.3 is 0 Å². The standard InChI is InChI=1S/C14H25N3O/c1-3-17(4-2)13-5-6-16(9-13)10-14-7-12(8-15)11-18-14/h7,11,13H,3-6,8-10,15H2,1-2H3. The molecule has 1 fully saturated rings. The van der Waals surface area contributed by atoms with Crippen LogP contribution in [-0.2, 0) is 13.1 Å². The molecule has 2 heterocycles. The number of furan rings is 1. The van der Waals surface area contributed by atoms with Crippen molar-refractivity contribution in [2.75, 3.05) is 26.2 Å². The lowest BCUT2D eigenvalue weighted by molar-refractivity contribution is 0.205. The van der Waals surface area contributed by atoms with Gasteiger partial charge in [0.15, 0.2) is 0 Å². The SMILES string of the molecule is CCN(CC)C1CCN(Cc2cc(CN)co2)C1. The molecule has 1 atom stereocenters. The Kier molecular flexibility index (Phi) is 4.80. The Balaban J connectivity index is 1.85. The molecule has 4 nitrogen and oxygen atoms in total. The third-order valence-electron chi connectivity index (χ3n) is 3.90. The summed E-state index contributed by atoms with van der Waals surface area (Å²) in [6.07, 6.45) is 3.04. The van der Waals surface area contributed by atoms with Crippen LogP contribution in [0.3, 0.4) is 0 Å². The summed E-state index contributed by atoms with van der Waals surface area (Å²) in [6, 6.07) is 2.79. The first-order chi connectivity index (χ1) is 8.76. The molecule has 1 aliphatic rings. The first-order valence-electron chi connectivity index (χ1n) is 6.99. The van der Waals surface area contributed by atoms with E-state index in [0.29, 0.717) is 12.6 Å². The van der Waals surface area contributed by atoms with E-state index in [1.165, 1.54) is 13.0 Å². The van der Waals surface area contributed by atoms with Crippen molar-refractivity contribution in [1.29, 1.82) is 0 Å². The fraction of sp³-hybridized carbons (Fsp3) is 0.714. The average Bonchev–Trinajstić information content (AvgIpc) is 3.01. The third kappa shape index (κ3) is 3.13. The molecule has 0 radical (unpaired) electrons. The highest BCUT2D eigenvalue weighted by Gasteiger charge is 2.26. The molecule has 2 N–H and O–H groups in total. The van der Waals surface area contributed by atoms with Crippen LogP contribution in [-0.4, -0.2) is 42.0 Å². The molecule has 0 bridgehead atoms. The van der Waals surface area contributed by atoms with Crippen LogP contribution in [0.2, 0.25) is 0 Å². The number of likely N-dealkylation sites (N-methyl/N-ethyl adjacent to an activating group) is 1. The third-order valence-corrected chi connectivity index (χ3v) is 3.90. The Bertz CT molecular complexity index is 360. The van der Waals surface area contributed by atoms with E-state index < -0.39 is 0 Å². The van der Waals surface area contributed by atoms with Crippen molar-refractivity contribution in [2.45, 2.75) is 39.4 Å². The summed E-state index contributed by atoms with van der Waals surface area (Å²) in [5.74, 6) is 1.04. The van der Waals surface area contributed by atoms with Crippen molar-refractivity contribution < 1.29 is 4.42 Å². The van der Waals surface area contributed by atoms with Crippen molar-refractivity contribution in [1.82, 2.24) is 9.80 Å². The maximum Gasteiger partial charge on any atom is 0.118 e. The van der Waals surface area contributed by atoms with Gasteiger partial charge in [0, 0.05) is 31.2 Å². The highest BCUT2D eigenvalue weighted by molar-refractivity contribution is 5.12. The lowest BCUT2D eigenvalue weighted by Gasteiger charge is -2.26. The van der Waals surface area contributed by atoms with E-state index in [4.69, 9.17) is 10.2 Å². The maximum atomic E-state index is 5.59. The van der Waals surface area contributed by atoms with Gasteiger partial charge in [0.1, 0.15) is 5.76 Å². The molecule has 0 spiro atoms. The molecule has 1 aliphatic heterocycles. The van der Waals surface area contributed by atoms with Gasteiger partial charge in [-0.1, -0.05) is 13.8 Å². The first kappa shape index (κ1) is 13.6. The summed E-state index contributed by atoms with van der Waals surface area (Å²) in [5, 5.41) is 0. The lowest BCUT2D eigenvalue weighted by atomic mass is 10.2. The summed E-state index contributed by atoms with van der Waals surface area (Å²) < 4.78 is 5.53. The molecule has 0 amide bonds. The van der Waals surface area contributed by atoms with E-state index in [0.717, 1.165) is 37.5 Å². The van der Waals surface area contributed by atoms with Crippen LogP contribution in [0, 0.1) is 0 Å². The zero-order valence-electron chi connectivity index (χ0n) is 11.6. The van der Waals surface area contributed by atoms with Crippen molar-refractivity contribution in [3.63, 3.8) is 0 Å². The van der Waals surface area contributed by atoms with E-state index in [1.807, 2.05) is 0 Å². The summed E-state index contributed by atoms with van der Waals surface area (Å²) >= 11 is 0. The monoisotopic (exact) mass is 251 g/mol. The fourth-order valence-electron chi connectivity index (χ4n) is 2.83. The highest BCUT2D eigenvalue weighted by Crippen LogP contribution is 2.18. The summed E-state index contributed by atoms with van der Waals surface area (Å²) in [5.41, 5.74) is 6.68. The Morgan fingerprint density at radius 3 is 2.83 bits per heavy atom. The second-order valence-electron chi connectivity index (χ2n) is 5.02. The van der Waals surface area contributed by atoms with Gasteiger partial charge in [-0.05, 0) is 25.6 Å². The predicted octanol–water partition coefficient (Wildman–Crippen LogP) is 1.65. The zero-order chi connectivity index (χ0) is 13.0. The Hall–Kier alpha value is -0.840. The molecular formula is C14H25N3O. The van der Waals surface area contributed by atoms with Gasteiger partial charge in [-0.15, -0.1) is 0 Å². The minimum absolute atomic E-state index is 0.561. The average molecular weight is 251 g/mol. The van der Waals surface area contributed by atoms with Crippen molar-refractivity contribution in [3.8, 4) is 0 Å². The lowest BCUT2D eigenvalue weighted by Crippen LogP contribution is -2.37. The van der Waals surface area contributed by atoms with Crippen LogP contribution in [0.4, 0.5) is 0 Å². The highest BCUT2D eigenvalue weighted by atomic mass is 16.3. The maximum absolute atomic E-state index is 5.59. The molecule has 1 saturated heterocycles. The van der Waals surface area contributed by atoms with E-state index in [9.17, 15) is 0 Å². The van der Waals surface area contributed by atoms with Crippen LogP contribution < -0.4 is 5.73 Å². The number of nitrogens with zero attached hydrogens (tertiary/aromatic N) is 2. The van der Waals surface area contributed by atoms with E-state index in [-0.39, 0.29) is 0 Å². The second-order valence-corrected chi connectivity index (χ2v) is 5.02. The van der Waals surface area contributed by atoms with Crippen LogP contribution in [0.1, 0.15) is 31.6 Å². The Morgan fingerprint density at radius 2 is 2.22 bits per heavy atom. The quantitative estimate of drug-likeness (QED) is 0.835. The van der Waals surface area contributed by atoms with Gasteiger partial charge in [0.05, 0.1) is 12.8 Å². The summed E-state index contributed by atoms with van der Waals surface area (Å²) in [6.45, 7) is 10.6. The smallest absolute Gasteiger partial charge is 0.118 e. The number of likely N-dealkylation sites (tertiary alicyclic amines) is 1. The minimum atomic E-state index is 0.561. The molecule has 1 aromatic rings. The first-order valence-corrected chi connectivity index (χ1v) is 6.99. The number of nitrogens with two attached hydrogens (primary N) is 1. The zero-order valence-corrected chi connectivity index (χ0v) is 11.6. The minimum Gasteiger partial charge on any atom is -0.468 e. The Labute approximate surface area is 110 Å². The van der Waals surface area contributed by atoms with Gasteiger partial charge in [-0.3, -0.25) is 9.80 Å². The van der Waals surface area contributed by atoms with Crippen LogP contribution >= 0.6 is 0 Å². The predicted molar refractivity (Wildman–Crippen MR) is 73.2 cm³/mol. The van der Waals surface area contributed by atoms with E-state index >= 15 is 0 Å². The van der Waals surface area contributed by atoms with E-state index in [1.54, 1.807) is 6.26 Å². The fourth-order valence-corrected chi connectivity index (χ4v) is 2.83. The molecular weight excluding hydrogens is 226 g/mol. The summed E-state index contributed by atoms with van der Waals surface area (Å²) in [7, 11) is 0. The normalized spacial score (nSPS) is 21.0. The van der Waals surface area contributed by atoms with Crippen molar-refractivity contribution in [3.05, 3.63) is 23.7 Å². The number of hydrogen-bond acceptors (Lipinski definition) is 4. The van der Waals surface area contributed by atoms with E-state index in [2.05, 4.69) is 29.7 Å². The molecule has 4 heteroatoms. The topological polar surface area (TPSA) is 45.6 Å². The van der Waals surface area contributed by atoms with Crippen LogP contribution in [0.5, 0.6) is 0 Å². The van der Waals surface area contributed by atoms with Gasteiger partial charge in [-0.25, -0.2) is 0 Å². The Morgan fingerprint density at radius 1 is 1.44 bits per heavy atom. The second kappa shape index (κ2) is 6.36. The van der Waals surface area contributed by atoms with Crippen molar-refractivity contribution in [2.24, 2.45) is 5.73 Å². The van der Waals surface area contributed by atoms with Gasteiger partial charge in [-0.2, -0.15) is 0 Å².